The lowest BCUT2D eigenvalue weighted by Gasteiger charge is -2.11. The highest BCUT2D eigenvalue weighted by atomic mass is 35.5. The topological polar surface area (TPSA) is 43.1 Å². The second-order valence-electron chi connectivity index (χ2n) is 2.56. The van der Waals surface area contributed by atoms with Crippen LogP contribution in [0, 0.1) is 5.92 Å². The second-order valence-corrected chi connectivity index (χ2v) is 3.09. The van der Waals surface area contributed by atoms with E-state index in [-0.39, 0.29) is 24.2 Å². The molecule has 2 nitrogen and oxygen atoms in total. The van der Waals surface area contributed by atoms with Crippen LogP contribution < -0.4 is 5.73 Å². The van der Waals surface area contributed by atoms with Gasteiger partial charge in [0.25, 0.3) is 0 Å². The van der Waals surface area contributed by atoms with E-state index in [0.29, 0.717) is 0 Å². The molecule has 0 aromatic carbocycles. The zero-order valence-electron chi connectivity index (χ0n) is 7.50. The van der Waals surface area contributed by atoms with Gasteiger partial charge in [0.2, 0.25) is 5.91 Å². The summed E-state index contributed by atoms with van der Waals surface area (Å²) in [5, 5.41) is 0. The van der Waals surface area contributed by atoms with E-state index < -0.39 is 0 Å². The van der Waals surface area contributed by atoms with Crippen molar-refractivity contribution in [3.63, 3.8) is 0 Å². The summed E-state index contributed by atoms with van der Waals surface area (Å²) in [5.74, 6) is -0.460. The SMILES string of the molecule is CCCC(C(N)=O)C(=S)CC.Cl. The summed E-state index contributed by atoms with van der Waals surface area (Å²) in [6.07, 6.45) is 2.51. The number of amides is 1. The van der Waals surface area contributed by atoms with E-state index in [1.807, 2.05) is 13.8 Å². The maximum Gasteiger partial charge on any atom is 0.225 e. The Morgan fingerprint density at radius 2 is 2.00 bits per heavy atom. The summed E-state index contributed by atoms with van der Waals surface area (Å²) in [6, 6.07) is 0. The molecule has 0 fully saturated rings. The highest BCUT2D eigenvalue weighted by molar-refractivity contribution is 7.80. The monoisotopic (exact) mass is 209 g/mol. The van der Waals surface area contributed by atoms with Gasteiger partial charge in [-0.1, -0.05) is 32.5 Å². The zero-order chi connectivity index (χ0) is 8.85. The number of hydrogen-bond donors (Lipinski definition) is 1. The lowest BCUT2D eigenvalue weighted by Crippen LogP contribution is -2.28. The summed E-state index contributed by atoms with van der Waals surface area (Å²) in [5.41, 5.74) is 5.17. The molecule has 0 aliphatic heterocycles. The number of carbonyl (C=O) groups is 1. The Labute approximate surface area is 85.3 Å². The molecule has 1 unspecified atom stereocenters. The maximum absolute atomic E-state index is 10.8. The highest BCUT2D eigenvalue weighted by Gasteiger charge is 2.17. The molecule has 1 atom stereocenters. The van der Waals surface area contributed by atoms with E-state index in [1.54, 1.807) is 0 Å². The normalized spacial score (nSPS) is 11.5. The lowest BCUT2D eigenvalue weighted by atomic mass is 9.98. The first-order valence-electron chi connectivity index (χ1n) is 3.95. The van der Waals surface area contributed by atoms with Crippen LogP contribution in [0.5, 0.6) is 0 Å². The zero-order valence-corrected chi connectivity index (χ0v) is 9.13. The second kappa shape index (κ2) is 7.50. The minimum Gasteiger partial charge on any atom is -0.369 e. The smallest absolute Gasteiger partial charge is 0.225 e. The Balaban J connectivity index is 0. The van der Waals surface area contributed by atoms with Crippen molar-refractivity contribution in [2.24, 2.45) is 11.7 Å². The van der Waals surface area contributed by atoms with Crippen LogP contribution in [0.1, 0.15) is 33.1 Å². The molecule has 0 aromatic rings. The van der Waals surface area contributed by atoms with Gasteiger partial charge in [0.15, 0.2) is 0 Å². The van der Waals surface area contributed by atoms with Crippen LogP contribution >= 0.6 is 24.6 Å². The van der Waals surface area contributed by atoms with E-state index in [1.165, 1.54) is 0 Å². The first kappa shape index (κ1) is 14.4. The minimum atomic E-state index is -0.279. The molecule has 12 heavy (non-hydrogen) atoms. The molecule has 0 aliphatic rings. The average Bonchev–Trinajstić information content (AvgIpc) is 1.98. The van der Waals surface area contributed by atoms with Crippen LogP contribution in [0.2, 0.25) is 0 Å². The van der Waals surface area contributed by atoms with Gasteiger partial charge in [-0.25, -0.2) is 0 Å². The van der Waals surface area contributed by atoms with Crippen molar-refractivity contribution in [1.29, 1.82) is 0 Å². The molecule has 4 heteroatoms. The Morgan fingerprint density at radius 3 is 2.25 bits per heavy atom. The Kier molecular flexibility index (Phi) is 8.98. The van der Waals surface area contributed by atoms with Crippen molar-refractivity contribution in [2.45, 2.75) is 33.1 Å². The molecule has 0 radical (unpaired) electrons. The molecule has 1 amide bonds. The number of rotatable bonds is 5. The van der Waals surface area contributed by atoms with Gasteiger partial charge < -0.3 is 5.73 Å². The van der Waals surface area contributed by atoms with Crippen LogP contribution in [-0.2, 0) is 4.79 Å². The van der Waals surface area contributed by atoms with E-state index in [2.05, 4.69) is 0 Å². The van der Waals surface area contributed by atoms with Crippen molar-refractivity contribution in [2.75, 3.05) is 0 Å². The standard InChI is InChI=1S/C8H15NOS.ClH/c1-3-5-6(8(9)10)7(11)4-2;/h6H,3-5H2,1-2H3,(H2,9,10);1H. The summed E-state index contributed by atoms with van der Waals surface area (Å²) < 4.78 is 0. The number of thiocarbonyl (C=S) groups is 1. The number of hydrogen-bond acceptors (Lipinski definition) is 2. The van der Waals surface area contributed by atoms with E-state index in [9.17, 15) is 4.79 Å². The van der Waals surface area contributed by atoms with E-state index >= 15 is 0 Å². The first-order chi connectivity index (χ1) is 5.13. The molecule has 0 bridgehead atoms. The number of primary amides is 1. The third-order valence-electron chi connectivity index (χ3n) is 1.66. The molecule has 0 rings (SSSR count). The molecule has 0 saturated carbocycles. The third kappa shape index (κ3) is 4.67. The van der Waals surface area contributed by atoms with E-state index in [4.69, 9.17) is 18.0 Å². The van der Waals surface area contributed by atoms with Crippen LogP contribution in [0.4, 0.5) is 0 Å². The van der Waals surface area contributed by atoms with Gasteiger partial charge in [-0.3, -0.25) is 4.79 Å². The van der Waals surface area contributed by atoms with Gasteiger partial charge in [0.05, 0.1) is 5.92 Å². The fraction of sp³-hybridized carbons (Fsp3) is 0.750. The third-order valence-corrected chi connectivity index (χ3v) is 2.23. The minimum absolute atomic E-state index is 0. The lowest BCUT2D eigenvalue weighted by molar-refractivity contribution is -0.120. The van der Waals surface area contributed by atoms with Gasteiger partial charge in [-0.15, -0.1) is 12.4 Å². The highest BCUT2D eigenvalue weighted by Crippen LogP contribution is 2.10. The van der Waals surface area contributed by atoms with Gasteiger partial charge >= 0.3 is 0 Å². The van der Waals surface area contributed by atoms with Crippen molar-refractivity contribution in [3.05, 3.63) is 0 Å². The average molecular weight is 210 g/mol. The summed E-state index contributed by atoms with van der Waals surface area (Å²) >= 11 is 5.02. The fourth-order valence-corrected chi connectivity index (χ4v) is 1.23. The predicted octanol–water partition coefficient (Wildman–Crippen LogP) is 2.09. The maximum atomic E-state index is 10.8. The molecule has 0 saturated heterocycles. The Hall–Kier alpha value is -0.150. The molecule has 0 aliphatic carbocycles. The molecule has 2 N–H and O–H groups in total. The Morgan fingerprint density at radius 1 is 1.50 bits per heavy atom. The number of nitrogens with two attached hydrogens (primary N) is 1. The number of carbonyl (C=O) groups excluding carboxylic acids is 1. The van der Waals surface area contributed by atoms with Gasteiger partial charge in [-0.05, 0) is 12.8 Å². The van der Waals surface area contributed by atoms with E-state index in [0.717, 1.165) is 24.1 Å². The van der Waals surface area contributed by atoms with Gasteiger partial charge in [-0.2, -0.15) is 0 Å². The summed E-state index contributed by atoms with van der Waals surface area (Å²) in [6.45, 7) is 3.97. The molecule has 72 valence electrons. The van der Waals surface area contributed by atoms with Crippen LogP contribution in [0.25, 0.3) is 0 Å². The molecular weight excluding hydrogens is 194 g/mol. The number of halogens is 1. The van der Waals surface area contributed by atoms with Crippen LogP contribution in [-0.4, -0.2) is 10.8 Å². The molecule has 0 aromatic heterocycles. The Bertz CT molecular complexity index is 161. The van der Waals surface area contributed by atoms with Gasteiger partial charge in [0.1, 0.15) is 0 Å². The summed E-state index contributed by atoms with van der Waals surface area (Å²) in [7, 11) is 0. The summed E-state index contributed by atoms with van der Waals surface area (Å²) in [4.78, 5) is 11.6. The van der Waals surface area contributed by atoms with Crippen LogP contribution in [0.3, 0.4) is 0 Å². The van der Waals surface area contributed by atoms with Crippen LogP contribution in [0.15, 0.2) is 0 Å². The van der Waals surface area contributed by atoms with Crippen molar-refractivity contribution >= 4 is 35.4 Å². The fourth-order valence-electron chi connectivity index (χ4n) is 0.997. The quantitative estimate of drug-likeness (QED) is 0.705. The van der Waals surface area contributed by atoms with Crippen molar-refractivity contribution in [3.8, 4) is 0 Å². The van der Waals surface area contributed by atoms with Crippen molar-refractivity contribution < 1.29 is 4.79 Å². The van der Waals surface area contributed by atoms with Crippen molar-refractivity contribution in [1.82, 2.24) is 0 Å². The molecule has 0 heterocycles. The van der Waals surface area contributed by atoms with Gasteiger partial charge in [0, 0.05) is 4.86 Å². The molecule has 0 spiro atoms. The first-order valence-corrected chi connectivity index (χ1v) is 4.36. The largest absolute Gasteiger partial charge is 0.369 e. The molecular formula is C8H16ClNOS. The predicted molar refractivity (Wildman–Crippen MR) is 57.7 cm³/mol.